The van der Waals surface area contributed by atoms with Crippen molar-refractivity contribution in [3.63, 3.8) is 0 Å². The van der Waals surface area contributed by atoms with Crippen LogP contribution in [-0.2, 0) is 11.4 Å². The Labute approximate surface area is 173 Å². The topological polar surface area (TPSA) is 67.4 Å². The Morgan fingerprint density at radius 1 is 1.07 bits per heavy atom. The van der Waals surface area contributed by atoms with Crippen molar-refractivity contribution in [1.29, 1.82) is 0 Å². The van der Waals surface area contributed by atoms with Crippen LogP contribution in [0.2, 0.25) is 0 Å². The van der Waals surface area contributed by atoms with Crippen molar-refractivity contribution in [1.82, 2.24) is 0 Å². The molecule has 2 amide bonds. The molecular formula is C23H20N2O3S. The van der Waals surface area contributed by atoms with Crippen molar-refractivity contribution in [2.24, 2.45) is 0 Å². The first-order chi connectivity index (χ1) is 14.1. The third-order valence-corrected chi connectivity index (χ3v) is 5.69. The van der Waals surface area contributed by atoms with Gasteiger partial charge >= 0.3 is 0 Å². The van der Waals surface area contributed by atoms with E-state index in [0.29, 0.717) is 29.3 Å². The second-order valence-corrected chi connectivity index (χ2v) is 8.10. The van der Waals surface area contributed by atoms with E-state index < -0.39 is 0 Å². The SMILES string of the molecule is CC1Sc2ccc(C(=O)Nc3cccc(OCc4ccccc4)c3)cc2NC1=O. The molecule has 2 N–H and O–H groups in total. The summed E-state index contributed by atoms with van der Waals surface area (Å²) >= 11 is 1.49. The van der Waals surface area contributed by atoms with Gasteiger partial charge in [-0.25, -0.2) is 0 Å². The monoisotopic (exact) mass is 404 g/mol. The van der Waals surface area contributed by atoms with Gasteiger partial charge in [0.15, 0.2) is 0 Å². The van der Waals surface area contributed by atoms with Crippen LogP contribution in [0.15, 0.2) is 77.7 Å². The van der Waals surface area contributed by atoms with Gasteiger partial charge in [0.1, 0.15) is 12.4 Å². The summed E-state index contributed by atoms with van der Waals surface area (Å²) in [5, 5.41) is 5.60. The van der Waals surface area contributed by atoms with E-state index in [2.05, 4.69) is 10.6 Å². The number of benzene rings is 3. The van der Waals surface area contributed by atoms with Gasteiger partial charge in [0, 0.05) is 22.2 Å². The zero-order chi connectivity index (χ0) is 20.2. The van der Waals surface area contributed by atoms with Gasteiger partial charge in [0.25, 0.3) is 5.91 Å². The quantitative estimate of drug-likeness (QED) is 0.631. The van der Waals surface area contributed by atoms with Crippen LogP contribution in [0.3, 0.4) is 0 Å². The standard InChI is InChI=1S/C23H20N2O3S/c1-15-22(26)25-20-12-17(10-11-21(20)29-15)23(27)24-18-8-5-9-19(13-18)28-14-16-6-3-2-4-7-16/h2-13,15H,14H2,1H3,(H,24,27)(H,25,26). The summed E-state index contributed by atoms with van der Waals surface area (Å²) in [5.41, 5.74) is 2.87. The third-order valence-electron chi connectivity index (χ3n) is 4.51. The normalized spacial score (nSPS) is 15.2. The van der Waals surface area contributed by atoms with Crippen LogP contribution >= 0.6 is 11.8 Å². The average molecular weight is 404 g/mol. The van der Waals surface area contributed by atoms with Crippen LogP contribution in [0.25, 0.3) is 0 Å². The van der Waals surface area contributed by atoms with Crippen LogP contribution in [0, 0.1) is 0 Å². The Morgan fingerprint density at radius 3 is 2.72 bits per heavy atom. The van der Waals surface area contributed by atoms with E-state index in [1.54, 1.807) is 18.2 Å². The lowest BCUT2D eigenvalue weighted by molar-refractivity contribution is -0.115. The average Bonchev–Trinajstić information content (AvgIpc) is 2.74. The van der Waals surface area contributed by atoms with Crippen molar-refractivity contribution < 1.29 is 14.3 Å². The molecule has 0 radical (unpaired) electrons. The molecule has 0 aromatic heterocycles. The summed E-state index contributed by atoms with van der Waals surface area (Å²) in [6.07, 6.45) is 0. The van der Waals surface area contributed by atoms with Gasteiger partial charge in [-0.3, -0.25) is 9.59 Å². The fourth-order valence-electron chi connectivity index (χ4n) is 2.96. The molecule has 146 valence electrons. The number of ether oxygens (including phenoxy) is 1. The second kappa shape index (κ2) is 8.41. The fourth-order valence-corrected chi connectivity index (χ4v) is 3.89. The molecule has 3 aromatic rings. The zero-order valence-electron chi connectivity index (χ0n) is 15.8. The number of rotatable bonds is 5. The van der Waals surface area contributed by atoms with Crippen LogP contribution < -0.4 is 15.4 Å². The lowest BCUT2D eigenvalue weighted by atomic mass is 10.1. The molecular weight excluding hydrogens is 384 g/mol. The summed E-state index contributed by atoms with van der Waals surface area (Å²) in [7, 11) is 0. The first kappa shape index (κ1) is 19.1. The molecule has 3 aromatic carbocycles. The molecule has 0 aliphatic carbocycles. The van der Waals surface area contributed by atoms with Gasteiger partial charge in [0.05, 0.1) is 10.9 Å². The molecule has 0 fully saturated rings. The number of carbonyl (C=O) groups excluding carboxylic acids is 2. The number of nitrogens with one attached hydrogen (secondary N) is 2. The number of hydrogen-bond acceptors (Lipinski definition) is 4. The summed E-state index contributed by atoms with van der Waals surface area (Å²) in [5.74, 6) is 0.379. The third kappa shape index (κ3) is 4.60. The Hall–Kier alpha value is -3.25. The molecule has 5 nitrogen and oxygen atoms in total. The van der Waals surface area contributed by atoms with E-state index in [4.69, 9.17) is 4.74 Å². The predicted molar refractivity (Wildman–Crippen MR) is 116 cm³/mol. The van der Waals surface area contributed by atoms with Crippen LogP contribution in [0.4, 0.5) is 11.4 Å². The molecule has 6 heteroatoms. The van der Waals surface area contributed by atoms with Crippen LogP contribution in [0.5, 0.6) is 5.75 Å². The number of carbonyl (C=O) groups is 2. The van der Waals surface area contributed by atoms with Crippen molar-refractivity contribution in [3.05, 3.63) is 83.9 Å². The molecule has 1 aliphatic heterocycles. The molecule has 0 spiro atoms. The number of hydrogen-bond donors (Lipinski definition) is 2. The highest BCUT2D eigenvalue weighted by atomic mass is 32.2. The maximum atomic E-state index is 12.7. The summed E-state index contributed by atoms with van der Waals surface area (Å²) in [6, 6.07) is 22.5. The maximum absolute atomic E-state index is 12.7. The van der Waals surface area contributed by atoms with E-state index in [9.17, 15) is 9.59 Å². The molecule has 1 aliphatic rings. The molecule has 1 unspecified atom stereocenters. The first-order valence-electron chi connectivity index (χ1n) is 9.28. The van der Waals surface area contributed by atoms with Gasteiger partial charge in [-0.15, -0.1) is 11.8 Å². The number of amides is 2. The first-order valence-corrected chi connectivity index (χ1v) is 10.2. The summed E-state index contributed by atoms with van der Waals surface area (Å²) in [4.78, 5) is 25.5. The van der Waals surface area contributed by atoms with E-state index in [1.807, 2.05) is 61.5 Å². The minimum atomic E-state index is -0.245. The highest BCUT2D eigenvalue weighted by Gasteiger charge is 2.23. The Balaban J connectivity index is 1.43. The molecule has 4 rings (SSSR count). The number of anilines is 2. The van der Waals surface area contributed by atoms with Crippen molar-refractivity contribution in [2.45, 2.75) is 23.7 Å². The van der Waals surface area contributed by atoms with Gasteiger partial charge in [-0.2, -0.15) is 0 Å². The van der Waals surface area contributed by atoms with E-state index in [0.717, 1.165) is 10.5 Å². The fraction of sp³-hybridized carbons (Fsp3) is 0.130. The summed E-state index contributed by atoms with van der Waals surface area (Å²) < 4.78 is 5.81. The smallest absolute Gasteiger partial charge is 0.255 e. The zero-order valence-corrected chi connectivity index (χ0v) is 16.7. The highest BCUT2D eigenvalue weighted by molar-refractivity contribution is 8.00. The van der Waals surface area contributed by atoms with E-state index in [1.165, 1.54) is 11.8 Å². The largest absolute Gasteiger partial charge is 0.489 e. The minimum absolute atomic E-state index is 0.0525. The minimum Gasteiger partial charge on any atom is -0.489 e. The van der Waals surface area contributed by atoms with Gasteiger partial charge in [-0.05, 0) is 42.8 Å². The maximum Gasteiger partial charge on any atom is 0.255 e. The molecule has 0 bridgehead atoms. The van der Waals surface area contributed by atoms with Gasteiger partial charge < -0.3 is 15.4 Å². The van der Waals surface area contributed by atoms with Crippen molar-refractivity contribution >= 4 is 35.0 Å². The summed E-state index contributed by atoms with van der Waals surface area (Å²) in [6.45, 7) is 2.31. The lowest BCUT2D eigenvalue weighted by Crippen LogP contribution is -2.26. The lowest BCUT2D eigenvalue weighted by Gasteiger charge is -2.21. The van der Waals surface area contributed by atoms with Crippen molar-refractivity contribution in [3.8, 4) is 5.75 Å². The number of thioether (sulfide) groups is 1. The predicted octanol–water partition coefficient (Wildman–Crippen LogP) is 4.95. The molecule has 29 heavy (non-hydrogen) atoms. The Morgan fingerprint density at radius 2 is 1.90 bits per heavy atom. The van der Waals surface area contributed by atoms with E-state index in [-0.39, 0.29) is 17.1 Å². The number of fused-ring (bicyclic) bond motifs is 1. The second-order valence-electron chi connectivity index (χ2n) is 6.72. The molecule has 0 saturated carbocycles. The molecule has 1 heterocycles. The van der Waals surface area contributed by atoms with Crippen LogP contribution in [-0.4, -0.2) is 17.1 Å². The highest BCUT2D eigenvalue weighted by Crippen LogP contribution is 2.36. The molecule has 0 saturated heterocycles. The molecule has 1 atom stereocenters. The Kier molecular flexibility index (Phi) is 5.53. The Bertz CT molecular complexity index is 1050. The van der Waals surface area contributed by atoms with Gasteiger partial charge in [-0.1, -0.05) is 36.4 Å². The van der Waals surface area contributed by atoms with Crippen molar-refractivity contribution in [2.75, 3.05) is 10.6 Å². The van der Waals surface area contributed by atoms with Gasteiger partial charge in [0.2, 0.25) is 5.91 Å². The van der Waals surface area contributed by atoms with E-state index >= 15 is 0 Å². The van der Waals surface area contributed by atoms with Crippen LogP contribution in [0.1, 0.15) is 22.8 Å².